The SMILES string of the molecule is CC(C)(C)OC(=O)N1CCC(N)C12CC2.Cl. The van der Waals surface area contributed by atoms with Crippen LogP contribution in [0.4, 0.5) is 4.79 Å². The third-order valence-corrected chi connectivity index (χ3v) is 3.27. The zero-order valence-corrected chi connectivity index (χ0v) is 11.0. The van der Waals surface area contributed by atoms with Crippen LogP contribution in [-0.2, 0) is 4.74 Å². The molecule has 4 nitrogen and oxygen atoms in total. The van der Waals surface area contributed by atoms with Crippen molar-refractivity contribution in [2.24, 2.45) is 5.73 Å². The van der Waals surface area contributed by atoms with Crippen molar-refractivity contribution < 1.29 is 9.53 Å². The lowest BCUT2D eigenvalue weighted by atomic mass is 10.1. The number of likely N-dealkylation sites (tertiary alicyclic amines) is 1. The van der Waals surface area contributed by atoms with Crippen molar-refractivity contribution in [3.8, 4) is 0 Å². The van der Waals surface area contributed by atoms with Gasteiger partial charge in [-0.15, -0.1) is 12.4 Å². The van der Waals surface area contributed by atoms with E-state index in [4.69, 9.17) is 10.5 Å². The average Bonchev–Trinajstić information content (AvgIpc) is 2.75. The molecule has 94 valence electrons. The van der Waals surface area contributed by atoms with Gasteiger partial charge in [0.1, 0.15) is 5.60 Å². The number of hydrogen-bond donors (Lipinski definition) is 1. The van der Waals surface area contributed by atoms with Crippen LogP contribution < -0.4 is 5.73 Å². The molecule has 0 radical (unpaired) electrons. The number of nitrogens with two attached hydrogens (primary N) is 1. The summed E-state index contributed by atoms with van der Waals surface area (Å²) >= 11 is 0. The van der Waals surface area contributed by atoms with Gasteiger partial charge in [-0.1, -0.05) is 0 Å². The van der Waals surface area contributed by atoms with Gasteiger partial charge in [0.2, 0.25) is 0 Å². The maximum Gasteiger partial charge on any atom is 0.410 e. The van der Waals surface area contributed by atoms with E-state index in [0.717, 1.165) is 25.8 Å². The summed E-state index contributed by atoms with van der Waals surface area (Å²) in [7, 11) is 0. The molecule has 1 saturated carbocycles. The van der Waals surface area contributed by atoms with Crippen molar-refractivity contribution >= 4 is 18.5 Å². The molecule has 1 aliphatic carbocycles. The fourth-order valence-corrected chi connectivity index (χ4v) is 2.32. The summed E-state index contributed by atoms with van der Waals surface area (Å²) in [5, 5.41) is 0. The second kappa shape index (κ2) is 4.08. The monoisotopic (exact) mass is 248 g/mol. The summed E-state index contributed by atoms with van der Waals surface area (Å²) < 4.78 is 5.38. The van der Waals surface area contributed by atoms with E-state index < -0.39 is 5.60 Å². The first-order chi connectivity index (χ1) is 6.85. The quantitative estimate of drug-likeness (QED) is 0.713. The van der Waals surface area contributed by atoms with E-state index in [1.807, 2.05) is 25.7 Å². The Morgan fingerprint density at radius 2 is 2.00 bits per heavy atom. The van der Waals surface area contributed by atoms with E-state index in [1.165, 1.54) is 0 Å². The van der Waals surface area contributed by atoms with Crippen molar-refractivity contribution in [2.45, 2.75) is 57.2 Å². The molecular weight excluding hydrogens is 228 g/mol. The van der Waals surface area contributed by atoms with Crippen LogP contribution in [0.5, 0.6) is 0 Å². The van der Waals surface area contributed by atoms with Gasteiger partial charge in [-0.05, 0) is 40.0 Å². The minimum Gasteiger partial charge on any atom is -0.444 e. The van der Waals surface area contributed by atoms with Gasteiger partial charge in [-0.3, -0.25) is 0 Å². The first kappa shape index (κ1) is 13.6. The van der Waals surface area contributed by atoms with E-state index in [2.05, 4.69) is 0 Å². The molecular formula is C11H21ClN2O2. The molecule has 1 saturated heterocycles. The number of halogens is 1. The van der Waals surface area contributed by atoms with Crippen LogP contribution in [0.3, 0.4) is 0 Å². The number of ether oxygens (including phenoxy) is 1. The Labute approximate surface area is 103 Å². The molecule has 1 atom stereocenters. The molecule has 0 aromatic heterocycles. The van der Waals surface area contributed by atoms with Crippen LogP contribution in [0.15, 0.2) is 0 Å². The van der Waals surface area contributed by atoms with Gasteiger partial charge in [0.25, 0.3) is 0 Å². The van der Waals surface area contributed by atoms with Gasteiger partial charge < -0.3 is 15.4 Å². The highest BCUT2D eigenvalue weighted by Crippen LogP contribution is 2.49. The number of amides is 1. The summed E-state index contributed by atoms with van der Waals surface area (Å²) in [5.74, 6) is 0. The first-order valence-corrected chi connectivity index (χ1v) is 5.61. The largest absolute Gasteiger partial charge is 0.444 e. The highest BCUT2D eigenvalue weighted by molar-refractivity contribution is 5.85. The summed E-state index contributed by atoms with van der Waals surface area (Å²) in [4.78, 5) is 13.7. The van der Waals surface area contributed by atoms with Crippen LogP contribution >= 0.6 is 12.4 Å². The zero-order chi connectivity index (χ0) is 11.3. The highest BCUT2D eigenvalue weighted by Gasteiger charge is 2.58. The minimum absolute atomic E-state index is 0. The second-order valence-corrected chi connectivity index (χ2v) is 5.63. The number of hydrogen-bond acceptors (Lipinski definition) is 3. The van der Waals surface area contributed by atoms with Crippen molar-refractivity contribution in [1.82, 2.24) is 4.90 Å². The fourth-order valence-electron chi connectivity index (χ4n) is 2.32. The van der Waals surface area contributed by atoms with Crippen LogP contribution in [0.1, 0.15) is 40.0 Å². The predicted molar refractivity (Wildman–Crippen MR) is 64.7 cm³/mol. The molecule has 2 N–H and O–H groups in total. The molecule has 0 aromatic rings. The van der Waals surface area contributed by atoms with Crippen molar-refractivity contribution in [3.63, 3.8) is 0 Å². The Balaban J connectivity index is 0.00000128. The maximum absolute atomic E-state index is 11.9. The average molecular weight is 249 g/mol. The van der Waals surface area contributed by atoms with Gasteiger partial charge in [0.15, 0.2) is 0 Å². The summed E-state index contributed by atoms with van der Waals surface area (Å²) in [5.41, 5.74) is 5.55. The molecule has 5 heteroatoms. The molecule has 0 bridgehead atoms. The lowest BCUT2D eigenvalue weighted by Gasteiger charge is -2.29. The minimum atomic E-state index is -0.417. The van der Waals surface area contributed by atoms with Gasteiger partial charge in [0, 0.05) is 12.6 Å². The summed E-state index contributed by atoms with van der Waals surface area (Å²) in [6.07, 6.45) is 2.77. The van der Waals surface area contributed by atoms with E-state index in [0.29, 0.717) is 0 Å². The Bertz CT molecular complexity index is 284. The predicted octanol–water partition coefficient (Wildman–Crippen LogP) is 1.91. The van der Waals surface area contributed by atoms with E-state index in [-0.39, 0.29) is 30.1 Å². The van der Waals surface area contributed by atoms with E-state index in [9.17, 15) is 4.79 Å². The molecule has 0 aromatic carbocycles. The molecule has 2 rings (SSSR count). The number of carbonyl (C=O) groups is 1. The Morgan fingerprint density at radius 1 is 1.44 bits per heavy atom. The topological polar surface area (TPSA) is 55.6 Å². The van der Waals surface area contributed by atoms with E-state index >= 15 is 0 Å². The van der Waals surface area contributed by atoms with Crippen LogP contribution in [0, 0.1) is 0 Å². The summed E-state index contributed by atoms with van der Waals surface area (Å²) in [6.45, 7) is 6.41. The molecule has 1 spiro atoms. The summed E-state index contributed by atoms with van der Waals surface area (Å²) in [6, 6.07) is 0.144. The maximum atomic E-state index is 11.9. The van der Waals surface area contributed by atoms with Crippen molar-refractivity contribution in [3.05, 3.63) is 0 Å². The lowest BCUT2D eigenvalue weighted by molar-refractivity contribution is 0.0196. The number of nitrogens with zero attached hydrogens (tertiary/aromatic N) is 1. The molecule has 1 aliphatic heterocycles. The zero-order valence-electron chi connectivity index (χ0n) is 10.2. The van der Waals surface area contributed by atoms with Gasteiger partial charge >= 0.3 is 6.09 Å². The molecule has 1 heterocycles. The molecule has 16 heavy (non-hydrogen) atoms. The molecule has 2 fully saturated rings. The normalized spacial score (nSPS) is 26.5. The Morgan fingerprint density at radius 3 is 2.44 bits per heavy atom. The molecule has 1 unspecified atom stereocenters. The van der Waals surface area contributed by atoms with Gasteiger partial charge in [0.05, 0.1) is 5.54 Å². The second-order valence-electron chi connectivity index (χ2n) is 5.63. The lowest BCUT2D eigenvalue weighted by Crippen LogP contribution is -2.46. The third-order valence-electron chi connectivity index (χ3n) is 3.27. The van der Waals surface area contributed by atoms with Crippen LogP contribution in [-0.4, -0.2) is 34.7 Å². The van der Waals surface area contributed by atoms with Crippen LogP contribution in [0.25, 0.3) is 0 Å². The number of rotatable bonds is 0. The van der Waals surface area contributed by atoms with Crippen molar-refractivity contribution in [2.75, 3.05) is 6.54 Å². The molecule has 1 amide bonds. The number of carbonyl (C=O) groups excluding carboxylic acids is 1. The fraction of sp³-hybridized carbons (Fsp3) is 0.909. The van der Waals surface area contributed by atoms with Crippen molar-refractivity contribution in [1.29, 1.82) is 0 Å². The Hall–Kier alpha value is -0.480. The van der Waals surface area contributed by atoms with Crippen LogP contribution in [0.2, 0.25) is 0 Å². The highest BCUT2D eigenvalue weighted by atomic mass is 35.5. The Kier molecular flexibility index (Phi) is 3.46. The standard InChI is InChI=1S/C11H20N2O2.ClH/c1-10(2,3)15-9(14)13-7-4-8(12)11(13)5-6-11;/h8H,4-7,12H2,1-3H3;1H. The third kappa shape index (κ3) is 2.28. The molecule has 2 aliphatic rings. The van der Waals surface area contributed by atoms with Gasteiger partial charge in [-0.2, -0.15) is 0 Å². The van der Waals surface area contributed by atoms with E-state index in [1.54, 1.807) is 0 Å². The smallest absolute Gasteiger partial charge is 0.410 e. The van der Waals surface area contributed by atoms with Gasteiger partial charge in [-0.25, -0.2) is 4.79 Å². The first-order valence-electron chi connectivity index (χ1n) is 5.61.